The quantitative estimate of drug-likeness (QED) is 0.639. The molecule has 1 aliphatic rings. The lowest BCUT2D eigenvalue weighted by Crippen LogP contribution is -2.41. The van der Waals surface area contributed by atoms with Crippen molar-refractivity contribution >= 4 is 11.8 Å². The molecule has 0 unspecified atom stereocenters. The summed E-state index contributed by atoms with van der Waals surface area (Å²) in [6.07, 6.45) is 4.91. The molecule has 1 rings (SSSR count). The summed E-state index contributed by atoms with van der Waals surface area (Å²) in [5, 5.41) is 14.4. The zero-order chi connectivity index (χ0) is 14.5. The molecule has 108 valence electrons. The molecule has 0 bridgehead atoms. The molecule has 0 aromatic rings. The third kappa shape index (κ3) is 6.38. The first-order valence-electron chi connectivity index (χ1n) is 6.65. The molecule has 1 aliphatic carbocycles. The van der Waals surface area contributed by atoms with Crippen molar-refractivity contribution in [2.24, 2.45) is 11.3 Å². The third-order valence-corrected chi connectivity index (χ3v) is 2.89. The molecule has 5 nitrogen and oxygen atoms in total. The summed E-state index contributed by atoms with van der Waals surface area (Å²) in [6, 6.07) is -0.0378. The van der Waals surface area contributed by atoms with Crippen LogP contribution in [0, 0.1) is 11.3 Å². The van der Waals surface area contributed by atoms with Crippen LogP contribution in [0.4, 0.5) is 0 Å². The third-order valence-electron chi connectivity index (χ3n) is 2.89. The minimum atomic E-state index is -0.199. The van der Waals surface area contributed by atoms with Gasteiger partial charge in [-0.3, -0.25) is 9.59 Å². The van der Waals surface area contributed by atoms with Crippen LogP contribution in [0.5, 0.6) is 0 Å². The lowest BCUT2D eigenvalue weighted by atomic mass is 9.92. The molecule has 19 heavy (non-hydrogen) atoms. The maximum atomic E-state index is 11.6. The molecular formula is C14H24N2O3. The van der Waals surface area contributed by atoms with E-state index in [9.17, 15) is 9.59 Å². The largest absolute Gasteiger partial charge is 0.396 e. The predicted octanol–water partition coefficient (Wildman–Crippen LogP) is 0.592. The maximum Gasteiger partial charge on any atom is 0.239 e. The molecule has 0 aliphatic heterocycles. The van der Waals surface area contributed by atoms with Gasteiger partial charge in [0.05, 0.1) is 6.54 Å². The Morgan fingerprint density at radius 3 is 2.47 bits per heavy atom. The molecule has 0 saturated carbocycles. The van der Waals surface area contributed by atoms with E-state index in [-0.39, 0.29) is 42.3 Å². The van der Waals surface area contributed by atoms with Crippen LogP contribution >= 0.6 is 0 Å². The number of aliphatic hydroxyl groups excluding tert-OH is 1. The van der Waals surface area contributed by atoms with E-state index in [1.807, 2.05) is 32.9 Å². The molecule has 0 aromatic carbocycles. The lowest BCUT2D eigenvalue weighted by Gasteiger charge is -2.17. The molecule has 0 radical (unpaired) electrons. The van der Waals surface area contributed by atoms with Gasteiger partial charge in [0, 0.05) is 25.0 Å². The molecule has 5 heteroatoms. The molecule has 2 amide bonds. The normalized spacial score (nSPS) is 22.3. The monoisotopic (exact) mass is 268 g/mol. The van der Waals surface area contributed by atoms with Gasteiger partial charge in [-0.1, -0.05) is 32.9 Å². The van der Waals surface area contributed by atoms with Gasteiger partial charge in [-0.2, -0.15) is 0 Å². The lowest BCUT2D eigenvalue weighted by molar-refractivity contribution is -0.127. The molecule has 0 aromatic heterocycles. The van der Waals surface area contributed by atoms with Crippen molar-refractivity contribution in [2.45, 2.75) is 39.7 Å². The summed E-state index contributed by atoms with van der Waals surface area (Å²) in [5.74, 6) is -0.186. The van der Waals surface area contributed by atoms with E-state index in [0.717, 1.165) is 6.42 Å². The van der Waals surface area contributed by atoms with Gasteiger partial charge in [0.15, 0.2) is 0 Å². The van der Waals surface area contributed by atoms with E-state index in [1.165, 1.54) is 0 Å². The Bertz CT molecular complexity index is 358. The number of amides is 2. The minimum absolute atomic E-state index is 0.00302. The molecule has 0 heterocycles. The van der Waals surface area contributed by atoms with Crippen molar-refractivity contribution in [3.05, 3.63) is 12.2 Å². The van der Waals surface area contributed by atoms with Crippen molar-refractivity contribution in [3.63, 3.8) is 0 Å². The average Bonchev–Trinajstić information content (AvgIpc) is 2.72. The Labute approximate surface area is 114 Å². The molecule has 0 spiro atoms. The second kappa shape index (κ2) is 6.70. The highest BCUT2D eigenvalue weighted by Gasteiger charge is 2.20. The Morgan fingerprint density at radius 1 is 1.26 bits per heavy atom. The van der Waals surface area contributed by atoms with Gasteiger partial charge in [0.25, 0.3) is 0 Å². The second-order valence-electron chi connectivity index (χ2n) is 6.25. The SMILES string of the molecule is CC(C)(C)CC(=O)NCC(=O)N[C@@H]1C=C[C@H](CO)C1. The molecular weight excluding hydrogens is 244 g/mol. The maximum absolute atomic E-state index is 11.6. The van der Waals surface area contributed by atoms with Crippen molar-refractivity contribution in [1.29, 1.82) is 0 Å². The Morgan fingerprint density at radius 2 is 1.95 bits per heavy atom. The number of carbonyl (C=O) groups is 2. The zero-order valence-corrected chi connectivity index (χ0v) is 11.9. The summed E-state index contributed by atoms with van der Waals surface area (Å²) in [5.41, 5.74) is -0.0803. The molecule has 0 fully saturated rings. The van der Waals surface area contributed by atoms with Crippen LogP contribution in [0.25, 0.3) is 0 Å². The van der Waals surface area contributed by atoms with Gasteiger partial charge in [0.1, 0.15) is 0 Å². The summed E-state index contributed by atoms with van der Waals surface area (Å²) in [4.78, 5) is 23.2. The predicted molar refractivity (Wildman–Crippen MR) is 73.3 cm³/mol. The summed E-state index contributed by atoms with van der Waals surface area (Å²) >= 11 is 0. The van der Waals surface area contributed by atoms with Gasteiger partial charge in [0.2, 0.25) is 11.8 Å². The van der Waals surface area contributed by atoms with Crippen molar-refractivity contribution < 1.29 is 14.7 Å². The smallest absolute Gasteiger partial charge is 0.239 e. The van der Waals surface area contributed by atoms with E-state index in [2.05, 4.69) is 10.6 Å². The molecule has 3 N–H and O–H groups in total. The standard InChI is InChI=1S/C14H24N2O3/c1-14(2,3)7-12(18)15-8-13(19)16-11-5-4-10(6-11)9-17/h4-5,10-11,17H,6-9H2,1-3H3,(H,15,18)(H,16,19)/t10-,11+/m0/s1. The van der Waals surface area contributed by atoms with Gasteiger partial charge < -0.3 is 15.7 Å². The Hall–Kier alpha value is -1.36. The van der Waals surface area contributed by atoms with Gasteiger partial charge in [-0.05, 0) is 11.8 Å². The average molecular weight is 268 g/mol. The molecule has 0 saturated heterocycles. The highest BCUT2D eigenvalue weighted by Crippen LogP contribution is 2.18. The van der Waals surface area contributed by atoms with E-state index in [1.54, 1.807) is 0 Å². The van der Waals surface area contributed by atoms with Crippen LogP contribution in [0.15, 0.2) is 12.2 Å². The Balaban J connectivity index is 2.22. The fourth-order valence-corrected chi connectivity index (χ4v) is 2.00. The number of hydrogen-bond acceptors (Lipinski definition) is 3. The number of carbonyl (C=O) groups excluding carboxylic acids is 2. The number of aliphatic hydroxyl groups is 1. The van der Waals surface area contributed by atoms with Crippen LogP contribution < -0.4 is 10.6 Å². The van der Waals surface area contributed by atoms with Crippen molar-refractivity contribution in [2.75, 3.05) is 13.2 Å². The highest BCUT2D eigenvalue weighted by molar-refractivity contribution is 5.85. The van der Waals surface area contributed by atoms with Crippen molar-refractivity contribution in [3.8, 4) is 0 Å². The molecule has 2 atom stereocenters. The fourth-order valence-electron chi connectivity index (χ4n) is 2.00. The van der Waals surface area contributed by atoms with Gasteiger partial charge >= 0.3 is 0 Å². The van der Waals surface area contributed by atoms with E-state index < -0.39 is 0 Å². The highest BCUT2D eigenvalue weighted by atomic mass is 16.3. The summed E-state index contributed by atoms with van der Waals surface area (Å²) in [7, 11) is 0. The van der Waals surface area contributed by atoms with Crippen LogP contribution in [0.3, 0.4) is 0 Å². The topological polar surface area (TPSA) is 78.4 Å². The summed E-state index contributed by atoms with van der Waals surface area (Å²) < 4.78 is 0. The van der Waals surface area contributed by atoms with Crippen LogP contribution in [-0.2, 0) is 9.59 Å². The van der Waals surface area contributed by atoms with E-state index >= 15 is 0 Å². The first-order chi connectivity index (χ1) is 8.80. The van der Waals surface area contributed by atoms with Gasteiger partial charge in [-0.15, -0.1) is 0 Å². The van der Waals surface area contributed by atoms with Crippen LogP contribution in [0.2, 0.25) is 0 Å². The number of nitrogens with one attached hydrogen (secondary N) is 2. The van der Waals surface area contributed by atoms with Crippen LogP contribution in [-0.4, -0.2) is 36.1 Å². The Kier molecular flexibility index (Phi) is 5.54. The fraction of sp³-hybridized carbons (Fsp3) is 0.714. The first-order valence-corrected chi connectivity index (χ1v) is 6.65. The van der Waals surface area contributed by atoms with Gasteiger partial charge in [-0.25, -0.2) is 0 Å². The van der Waals surface area contributed by atoms with Crippen molar-refractivity contribution in [1.82, 2.24) is 10.6 Å². The van der Waals surface area contributed by atoms with E-state index in [4.69, 9.17) is 5.11 Å². The summed E-state index contributed by atoms with van der Waals surface area (Å²) in [6.45, 7) is 6.04. The number of rotatable bonds is 5. The van der Waals surface area contributed by atoms with Crippen LogP contribution in [0.1, 0.15) is 33.6 Å². The zero-order valence-electron chi connectivity index (χ0n) is 11.9. The van der Waals surface area contributed by atoms with E-state index in [0.29, 0.717) is 6.42 Å². The minimum Gasteiger partial charge on any atom is -0.396 e. The second-order valence-corrected chi connectivity index (χ2v) is 6.25. The first kappa shape index (κ1) is 15.7. The number of hydrogen-bond donors (Lipinski definition) is 3.